The van der Waals surface area contributed by atoms with Gasteiger partial charge in [0.2, 0.25) is 0 Å². The Labute approximate surface area is 133 Å². The van der Waals surface area contributed by atoms with Crippen LogP contribution in [-0.2, 0) is 19.6 Å². The number of hydrogen-bond donors (Lipinski definition) is 2. The summed E-state index contributed by atoms with van der Waals surface area (Å²) in [6, 6.07) is 1.87. The normalized spacial score (nSPS) is 21.6. The molecule has 0 aromatic carbocycles. The topological polar surface area (TPSA) is 92.7 Å². The second kappa shape index (κ2) is 5.92. The lowest BCUT2D eigenvalue weighted by molar-refractivity contribution is -0.139. The van der Waals surface area contributed by atoms with Crippen molar-refractivity contribution in [2.75, 3.05) is 13.2 Å². The van der Waals surface area contributed by atoms with Crippen LogP contribution in [0.25, 0.3) is 0 Å². The van der Waals surface area contributed by atoms with Crippen LogP contribution in [0.2, 0.25) is 0 Å². The van der Waals surface area contributed by atoms with Gasteiger partial charge in [-0.05, 0) is 48.6 Å². The highest BCUT2D eigenvalue weighted by atomic mass is 32.2. The van der Waals surface area contributed by atoms with Gasteiger partial charge in [0.15, 0.2) is 0 Å². The molecule has 2 heterocycles. The molecule has 1 aliphatic heterocycles. The molecule has 8 heteroatoms. The molecule has 0 spiro atoms. The first-order valence-corrected chi connectivity index (χ1v) is 9.69. The molecular weight excluding hydrogens is 326 g/mol. The highest BCUT2D eigenvalue weighted by Crippen LogP contribution is 2.45. The number of nitrogens with one attached hydrogen (secondary N) is 1. The second-order valence-electron chi connectivity index (χ2n) is 6.01. The molecule has 1 aliphatic carbocycles. The smallest absolute Gasteiger partial charge is 0.305 e. The minimum Gasteiger partial charge on any atom is -0.481 e. The van der Waals surface area contributed by atoms with Crippen LogP contribution in [0, 0.1) is 0 Å². The quantitative estimate of drug-likeness (QED) is 0.822. The number of carboxylic acid groups (broad SMARTS) is 1. The maximum absolute atomic E-state index is 12.8. The van der Waals surface area contributed by atoms with E-state index >= 15 is 0 Å². The number of thiophene rings is 1. The standard InChI is InChI=1S/C14H19NO5S2/c16-12(17)9-14(4-6-20-7-5-14)15-22(18,19)13-11(3-8-21-13)10-1-2-10/h3,8,10,15H,1-2,4-7,9H2,(H,16,17). The molecule has 1 aromatic heterocycles. The highest BCUT2D eigenvalue weighted by molar-refractivity contribution is 7.91. The van der Waals surface area contributed by atoms with Crippen molar-refractivity contribution in [1.29, 1.82) is 0 Å². The molecule has 0 unspecified atom stereocenters. The van der Waals surface area contributed by atoms with E-state index in [-0.39, 0.29) is 6.42 Å². The molecule has 1 saturated heterocycles. The summed E-state index contributed by atoms with van der Waals surface area (Å²) in [7, 11) is -3.71. The third kappa shape index (κ3) is 3.34. The van der Waals surface area contributed by atoms with Gasteiger partial charge in [-0.15, -0.1) is 11.3 Å². The second-order valence-corrected chi connectivity index (χ2v) is 8.80. The Morgan fingerprint density at radius 2 is 2.09 bits per heavy atom. The molecule has 0 bridgehead atoms. The highest BCUT2D eigenvalue weighted by Gasteiger charge is 2.41. The molecular formula is C14H19NO5S2. The van der Waals surface area contributed by atoms with Crippen LogP contribution in [0.15, 0.2) is 15.7 Å². The van der Waals surface area contributed by atoms with E-state index in [0.717, 1.165) is 18.4 Å². The monoisotopic (exact) mass is 345 g/mol. The fourth-order valence-electron chi connectivity index (χ4n) is 2.92. The van der Waals surface area contributed by atoms with Crippen molar-refractivity contribution in [3.05, 3.63) is 17.0 Å². The van der Waals surface area contributed by atoms with E-state index in [4.69, 9.17) is 9.84 Å². The van der Waals surface area contributed by atoms with Gasteiger partial charge in [0.1, 0.15) is 4.21 Å². The van der Waals surface area contributed by atoms with Crippen LogP contribution >= 0.6 is 11.3 Å². The first-order valence-electron chi connectivity index (χ1n) is 7.33. The van der Waals surface area contributed by atoms with Crippen LogP contribution in [0.5, 0.6) is 0 Å². The van der Waals surface area contributed by atoms with E-state index in [9.17, 15) is 13.2 Å². The van der Waals surface area contributed by atoms with Gasteiger partial charge in [0.25, 0.3) is 10.0 Å². The molecule has 0 amide bonds. The van der Waals surface area contributed by atoms with Crippen LogP contribution in [0.1, 0.15) is 43.6 Å². The number of carbonyl (C=O) groups is 1. The van der Waals surface area contributed by atoms with Crippen LogP contribution in [0.4, 0.5) is 0 Å². The van der Waals surface area contributed by atoms with Gasteiger partial charge < -0.3 is 9.84 Å². The zero-order valence-electron chi connectivity index (χ0n) is 12.1. The molecule has 122 valence electrons. The van der Waals surface area contributed by atoms with Crippen molar-refractivity contribution < 1.29 is 23.1 Å². The van der Waals surface area contributed by atoms with E-state index in [1.807, 2.05) is 6.07 Å². The predicted octanol–water partition coefficient (Wildman–Crippen LogP) is 1.93. The Kier molecular flexibility index (Phi) is 4.28. The van der Waals surface area contributed by atoms with Crippen LogP contribution in [0.3, 0.4) is 0 Å². The molecule has 1 saturated carbocycles. The molecule has 0 atom stereocenters. The van der Waals surface area contributed by atoms with Gasteiger partial charge in [-0.3, -0.25) is 4.79 Å². The summed E-state index contributed by atoms with van der Waals surface area (Å²) in [4.78, 5) is 11.2. The Hall–Kier alpha value is -0.960. The van der Waals surface area contributed by atoms with Crippen molar-refractivity contribution >= 4 is 27.3 Å². The SMILES string of the molecule is O=C(O)CC1(NS(=O)(=O)c2sccc2C2CC2)CCOCC1. The lowest BCUT2D eigenvalue weighted by Crippen LogP contribution is -2.53. The summed E-state index contributed by atoms with van der Waals surface area (Å²) in [5.74, 6) is -0.666. The third-order valence-electron chi connectivity index (χ3n) is 4.21. The van der Waals surface area contributed by atoms with Gasteiger partial charge in [0, 0.05) is 18.8 Å². The Morgan fingerprint density at radius 1 is 1.41 bits per heavy atom. The lowest BCUT2D eigenvalue weighted by atomic mass is 9.88. The first kappa shape index (κ1) is 15.9. The average Bonchev–Trinajstić information content (AvgIpc) is 3.14. The Bertz CT molecular complexity index is 657. The minimum absolute atomic E-state index is 0.222. The van der Waals surface area contributed by atoms with Gasteiger partial charge in [-0.1, -0.05) is 0 Å². The summed E-state index contributed by atoms with van der Waals surface area (Å²) in [6.07, 6.45) is 2.58. The van der Waals surface area contributed by atoms with Crippen molar-refractivity contribution in [2.24, 2.45) is 0 Å². The van der Waals surface area contributed by atoms with E-state index in [2.05, 4.69) is 4.72 Å². The molecule has 1 aromatic rings. The Morgan fingerprint density at radius 3 is 2.68 bits per heavy atom. The number of aliphatic carboxylic acids is 1. The lowest BCUT2D eigenvalue weighted by Gasteiger charge is -2.36. The summed E-state index contributed by atoms with van der Waals surface area (Å²) in [6.45, 7) is 0.742. The van der Waals surface area contributed by atoms with Gasteiger partial charge in [-0.2, -0.15) is 0 Å². The van der Waals surface area contributed by atoms with E-state index in [1.165, 1.54) is 11.3 Å². The van der Waals surface area contributed by atoms with E-state index in [1.54, 1.807) is 5.38 Å². The first-order chi connectivity index (χ1) is 10.4. The van der Waals surface area contributed by atoms with E-state index in [0.29, 0.717) is 36.2 Å². The summed E-state index contributed by atoms with van der Waals surface area (Å²) < 4.78 is 33.8. The van der Waals surface area contributed by atoms with Crippen LogP contribution < -0.4 is 4.72 Å². The predicted molar refractivity (Wildman–Crippen MR) is 81.7 cm³/mol. The third-order valence-corrected chi connectivity index (χ3v) is 7.30. The van der Waals surface area contributed by atoms with Crippen molar-refractivity contribution in [3.8, 4) is 0 Å². The van der Waals surface area contributed by atoms with Crippen LogP contribution in [-0.4, -0.2) is 38.2 Å². The molecule has 6 nitrogen and oxygen atoms in total. The largest absolute Gasteiger partial charge is 0.481 e. The van der Waals surface area contributed by atoms with Crippen molar-refractivity contribution in [1.82, 2.24) is 4.72 Å². The van der Waals surface area contributed by atoms with Gasteiger partial charge >= 0.3 is 5.97 Å². The summed E-state index contributed by atoms with van der Waals surface area (Å²) >= 11 is 1.20. The molecule has 2 fully saturated rings. The zero-order valence-corrected chi connectivity index (χ0v) is 13.7. The number of ether oxygens (including phenoxy) is 1. The fourth-order valence-corrected chi connectivity index (χ4v) is 5.91. The maximum atomic E-state index is 12.8. The van der Waals surface area contributed by atoms with Crippen molar-refractivity contribution in [3.63, 3.8) is 0 Å². The Balaban J connectivity index is 1.87. The number of rotatable bonds is 6. The summed E-state index contributed by atoms with van der Waals surface area (Å²) in [5.41, 5.74) is -0.0803. The number of sulfonamides is 1. The molecule has 0 radical (unpaired) electrons. The molecule has 22 heavy (non-hydrogen) atoms. The number of carboxylic acids is 1. The molecule has 2 N–H and O–H groups in total. The van der Waals surface area contributed by atoms with E-state index < -0.39 is 21.5 Å². The zero-order chi connectivity index (χ0) is 15.8. The van der Waals surface area contributed by atoms with Gasteiger partial charge in [0.05, 0.1) is 6.42 Å². The van der Waals surface area contributed by atoms with Gasteiger partial charge in [-0.25, -0.2) is 13.1 Å². The minimum atomic E-state index is -3.71. The average molecular weight is 345 g/mol. The fraction of sp³-hybridized carbons (Fsp3) is 0.643. The van der Waals surface area contributed by atoms with Crippen molar-refractivity contribution in [2.45, 2.75) is 47.8 Å². The molecule has 2 aliphatic rings. The maximum Gasteiger partial charge on any atom is 0.305 e. The summed E-state index contributed by atoms with van der Waals surface area (Å²) in [5, 5.41) is 10.9. The molecule has 3 rings (SSSR count). The number of hydrogen-bond acceptors (Lipinski definition) is 5.